The standard InChI is InChI=1S/C12H15ClN4O/c1-9(6-18-2)16-11-5-10(13)3-4-12(11)17-8-14-7-15-17/h3-5,7-9,16H,6H2,1-2H3. The molecule has 0 amide bonds. The first kappa shape index (κ1) is 12.9. The van der Waals surface area contributed by atoms with E-state index in [1.807, 2.05) is 25.1 Å². The Kier molecular flexibility index (Phi) is 4.17. The first-order valence-corrected chi connectivity index (χ1v) is 5.98. The molecule has 5 nitrogen and oxygen atoms in total. The summed E-state index contributed by atoms with van der Waals surface area (Å²) in [6, 6.07) is 5.77. The van der Waals surface area contributed by atoms with Crippen molar-refractivity contribution in [2.45, 2.75) is 13.0 Å². The molecule has 6 heteroatoms. The first-order chi connectivity index (χ1) is 8.70. The van der Waals surface area contributed by atoms with Crippen molar-refractivity contribution >= 4 is 17.3 Å². The third-order valence-corrected chi connectivity index (χ3v) is 2.68. The Labute approximate surface area is 111 Å². The minimum Gasteiger partial charge on any atom is -0.383 e. The number of aromatic nitrogens is 3. The third kappa shape index (κ3) is 3.00. The minimum atomic E-state index is 0.177. The fourth-order valence-electron chi connectivity index (χ4n) is 1.71. The van der Waals surface area contributed by atoms with Gasteiger partial charge in [0.2, 0.25) is 0 Å². The Bertz CT molecular complexity index is 501. The predicted molar refractivity (Wildman–Crippen MR) is 71.3 cm³/mol. The van der Waals surface area contributed by atoms with Gasteiger partial charge in [-0.3, -0.25) is 0 Å². The van der Waals surface area contributed by atoms with Crippen molar-refractivity contribution in [1.29, 1.82) is 0 Å². The monoisotopic (exact) mass is 266 g/mol. The van der Waals surface area contributed by atoms with Crippen LogP contribution in [0.4, 0.5) is 5.69 Å². The topological polar surface area (TPSA) is 52.0 Å². The molecule has 0 fully saturated rings. The molecular formula is C12H15ClN4O. The molecule has 0 aliphatic carbocycles. The van der Waals surface area contributed by atoms with E-state index in [0.29, 0.717) is 11.6 Å². The van der Waals surface area contributed by atoms with E-state index in [2.05, 4.69) is 15.4 Å². The van der Waals surface area contributed by atoms with Crippen molar-refractivity contribution in [3.05, 3.63) is 35.9 Å². The van der Waals surface area contributed by atoms with Gasteiger partial charge in [-0.15, -0.1) is 0 Å². The van der Waals surface area contributed by atoms with Gasteiger partial charge in [-0.1, -0.05) is 11.6 Å². The summed E-state index contributed by atoms with van der Waals surface area (Å²) >= 11 is 6.02. The lowest BCUT2D eigenvalue weighted by Crippen LogP contribution is -2.21. The van der Waals surface area contributed by atoms with Gasteiger partial charge in [0.15, 0.2) is 0 Å². The van der Waals surface area contributed by atoms with Gasteiger partial charge >= 0.3 is 0 Å². The number of halogens is 1. The Balaban J connectivity index is 2.29. The molecule has 0 aliphatic rings. The number of rotatable bonds is 5. The van der Waals surface area contributed by atoms with E-state index >= 15 is 0 Å². The molecule has 1 N–H and O–H groups in total. The second-order valence-corrected chi connectivity index (χ2v) is 4.44. The summed E-state index contributed by atoms with van der Waals surface area (Å²) in [7, 11) is 1.68. The van der Waals surface area contributed by atoms with Crippen molar-refractivity contribution in [2.24, 2.45) is 0 Å². The van der Waals surface area contributed by atoms with Crippen LogP contribution in [0.15, 0.2) is 30.9 Å². The molecule has 96 valence electrons. The van der Waals surface area contributed by atoms with E-state index in [0.717, 1.165) is 11.4 Å². The summed E-state index contributed by atoms with van der Waals surface area (Å²) in [5.41, 5.74) is 1.80. The number of hydrogen-bond donors (Lipinski definition) is 1. The lowest BCUT2D eigenvalue weighted by atomic mass is 10.2. The number of methoxy groups -OCH3 is 1. The zero-order valence-corrected chi connectivity index (χ0v) is 11.1. The summed E-state index contributed by atoms with van der Waals surface area (Å²) in [6.07, 6.45) is 3.15. The second-order valence-electron chi connectivity index (χ2n) is 4.00. The molecule has 1 heterocycles. The second kappa shape index (κ2) is 5.84. The number of ether oxygens (including phenoxy) is 1. The van der Waals surface area contributed by atoms with Crippen molar-refractivity contribution in [3.63, 3.8) is 0 Å². The molecule has 0 aliphatic heterocycles. The minimum absolute atomic E-state index is 0.177. The molecule has 2 rings (SSSR count). The molecule has 0 saturated heterocycles. The smallest absolute Gasteiger partial charge is 0.138 e. The van der Waals surface area contributed by atoms with Crippen LogP contribution in [-0.2, 0) is 4.74 Å². The van der Waals surface area contributed by atoms with Crippen molar-refractivity contribution in [1.82, 2.24) is 14.8 Å². The first-order valence-electron chi connectivity index (χ1n) is 5.60. The maximum absolute atomic E-state index is 6.02. The summed E-state index contributed by atoms with van der Waals surface area (Å²) in [5, 5.41) is 8.14. The Morgan fingerprint density at radius 1 is 1.50 bits per heavy atom. The molecule has 2 aromatic rings. The largest absolute Gasteiger partial charge is 0.383 e. The highest BCUT2D eigenvalue weighted by atomic mass is 35.5. The van der Waals surface area contributed by atoms with Gasteiger partial charge in [0.1, 0.15) is 12.7 Å². The van der Waals surface area contributed by atoms with E-state index in [1.165, 1.54) is 6.33 Å². The van der Waals surface area contributed by atoms with Gasteiger partial charge in [-0.25, -0.2) is 9.67 Å². The van der Waals surface area contributed by atoms with Crippen LogP contribution in [0.2, 0.25) is 5.02 Å². The fraction of sp³-hybridized carbons (Fsp3) is 0.333. The highest BCUT2D eigenvalue weighted by Gasteiger charge is 2.09. The number of nitrogens with zero attached hydrogens (tertiary/aromatic N) is 3. The van der Waals surface area contributed by atoms with Crippen LogP contribution < -0.4 is 5.32 Å². The van der Waals surface area contributed by atoms with Crippen LogP contribution in [0, 0.1) is 0 Å². The lowest BCUT2D eigenvalue weighted by molar-refractivity contribution is 0.190. The third-order valence-electron chi connectivity index (χ3n) is 2.44. The average molecular weight is 267 g/mol. The van der Waals surface area contributed by atoms with E-state index < -0.39 is 0 Å². The van der Waals surface area contributed by atoms with Crippen molar-refractivity contribution < 1.29 is 4.74 Å². The Morgan fingerprint density at radius 3 is 3.00 bits per heavy atom. The SMILES string of the molecule is COCC(C)Nc1cc(Cl)ccc1-n1cncn1. The van der Waals surface area contributed by atoms with E-state index in [-0.39, 0.29) is 6.04 Å². The van der Waals surface area contributed by atoms with Crippen LogP contribution in [0.1, 0.15) is 6.92 Å². The molecule has 1 aromatic carbocycles. The number of nitrogens with one attached hydrogen (secondary N) is 1. The van der Waals surface area contributed by atoms with Gasteiger partial charge in [0, 0.05) is 18.2 Å². The van der Waals surface area contributed by atoms with E-state index in [9.17, 15) is 0 Å². The molecule has 0 bridgehead atoms. The predicted octanol–water partition coefficient (Wildman–Crippen LogP) is 2.37. The quantitative estimate of drug-likeness (QED) is 0.903. The molecule has 1 atom stereocenters. The van der Waals surface area contributed by atoms with Crippen molar-refractivity contribution in [3.8, 4) is 5.69 Å². The van der Waals surface area contributed by atoms with Gasteiger partial charge < -0.3 is 10.1 Å². The number of anilines is 1. The highest BCUT2D eigenvalue weighted by Crippen LogP contribution is 2.24. The maximum atomic E-state index is 6.02. The lowest BCUT2D eigenvalue weighted by Gasteiger charge is -2.17. The van der Waals surface area contributed by atoms with Gasteiger partial charge in [-0.05, 0) is 25.1 Å². The van der Waals surface area contributed by atoms with Crippen LogP contribution in [-0.4, -0.2) is 34.5 Å². The molecule has 0 saturated carbocycles. The average Bonchev–Trinajstić information content (AvgIpc) is 2.83. The van der Waals surface area contributed by atoms with Gasteiger partial charge in [-0.2, -0.15) is 5.10 Å². The van der Waals surface area contributed by atoms with E-state index in [1.54, 1.807) is 18.1 Å². The fourth-order valence-corrected chi connectivity index (χ4v) is 1.89. The summed E-state index contributed by atoms with van der Waals surface area (Å²) in [4.78, 5) is 3.94. The zero-order chi connectivity index (χ0) is 13.0. The zero-order valence-electron chi connectivity index (χ0n) is 10.3. The molecule has 1 aromatic heterocycles. The number of benzene rings is 1. The molecule has 1 unspecified atom stereocenters. The van der Waals surface area contributed by atoms with Crippen molar-refractivity contribution in [2.75, 3.05) is 19.0 Å². The van der Waals surface area contributed by atoms with Gasteiger partial charge in [0.05, 0.1) is 18.0 Å². The Morgan fingerprint density at radius 2 is 2.33 bits per heavy atom. The van der Waals surface area contributed by atoms with E-state index in [4.69, 9.17) is 16.3 Å². The summed E-state index contributed by atoms with van der Waals surface area (Å²) < 4.78 is 6.80. The maximum Gasteiger partial charge on any atom is 0.138 e. The highest BCUT2D eigenvalue weighted by molar-refractivity contribution is 6.31. The molecule has 0 radical (unpaired) electrons. The normalized spacial score (nSPS) is 12.4. The van der Waals surface area contributed by atoms with Gasteiger partial charge in [0.25, 0.3) is 0 Å². The summed E-state index contributed by atoms with van der Waals surface area (Å²) in [6.45, 7) is 2.65. The van der Waals surface area contributed by atoms with Crippen LogP contribution in [0.3, 0.4) is 0 Å². The molecular weight excluding hydrogens is 252 g/mol. The number of hydrogen-bond acceptors (Lipinski definition) is 4. The van der Waals surface area contributed by atoms with Crippen LogP contribution >= 0.6 is 11.6 Å². The van der Waals surface area contributed by atoms with Crippen LogP contribution in [0.25, 0.3) is 5.69 Å². The molecule has 18 heavy (non-hydrogen) atoms. The van der Waals surface area contributed by atoms with Crippen LogP contribution in [0.5, 0.6) is 0 Å². The molecule has 0 spiro atoms. The summed E-state index contributed by atoms with van der Waals surface area (Å²) in [5.74, 6) is 0. The Hall–Kier alpha value is -1.59.